The number of phenols is 1. The molecule has 1 aromatic carbocycles. The van der Waals surface area contributed by atoms with Crippen LogP contribution in [0.4, 0.5) is 0 Å². The summed E-state index contributed by atoms with van der Waals surface area (Å²) in [4.78, 5) is 11.1. The summed E-state index contributed by atoms with van der Waals surface area (Å²) in [5.41, 5.74) is 1.46. The lowest BCUT2D eigenvalue weighted by Crippen LogP contribution is -2.26. The molecule has 0 atom stereocenters. The highest BCUT2D eigenvalue weighted by atomic mass is 79.9. The van der Waals surface area contributed by atoms with Gasteiger partial charge in [0.2, 0.25) is 0 Å². The van der Waals surface area contributed by atoms with Crippen molar-refractivity contribution in [2.24, 2.45) is 5.41 Å². The highest BCUT2D eigenvalue weighted by molar-refractivity contribution is 9.10. The maximum atomic E-state index is 11.1. The molecule has 0 spiro atoms. The minimum Gasteiger partial charge on any atom is -0.507 e. The molecule has 17 heavy (non-hydrogen) atoms. The molecule has 0 heterocycles. The number of hydrogen-bond acceptors (Lipinski definition) is 2. The number of rotatable bonds is 3. The molecular formula is C13H17BrO3. The Bertz CT molecular complexity index is 464. The fourth-order valence-electron chi connectivity index (χ4n) is 1.65. The van der Waals surface area contributed by atoms with Crippen molar-refractivity contribution in [3.63, 3.8) is 0 Å². The van der Waals surface area contributed by atoms with Gasteiger partial charge in [0, 0.05) is 10.0 Å². The molecule has 0 aliphatic carbocycles. The summed E-state index contributed by atoms with van der Waals surface area (Å²) in [5, 5.41) is 19.2. The van der Waals surface area contributed by atoms with Crippen molar-refractivity contribution in [1.82, 2.24) is 0 Å². The van der Waals surface area contributed by atoms with Gasteiger partial charge < -0.3 is 10.2 Å². The molecule has 0 saturated heterocycles. The Balaban J connectivity index is 3.25. The van der Waals surface area contributed by atoms with Gasteiger partial charge in [0.15, 0.2) is 0 Å². The van der Waals surface area contributed by atoms with Crippen LogP contribution >= 0.6 is 15.9 Å². The Morgan fingerprint density at radius 2 is 1.94 bits per heavy atom. The summed E-state index contributed by atoms with van der Waals surface area (Å²) in [5.74, 6) is -0.678. The third-order valence-electron chi connectivity index (χ3n) is 3.02. The van der Waals surface area contributed by atoms with E-state index in [1.165, 1.54) is 0 Å². The quantitative estimate of drug-likeness (QED) is 0.899. The third-order valence-corrected chi connectivity index (χ3v) is 3.84. The highest BCUT2D eigenvalue weighted by Gasteiger charge is 2.29. The van der Waals surface area contributed by atoms with Crippen molar-refractivity contribution in [2.75, 3.05) is 0 Å². The zero-order valence-electron chi connectivity index (χ0n) is 10.5. The van der Waals surface area contributed by atoms with Gasteiger partial charge >= 0.3 is 5.97 Å². The average molecular weight is 301 g/mol. The Morgan fingerprint density at radius 1 is 1.41 bits per heavy atom. The molecule has 0 aliphatic rings. The van der Waals surface area contributed by atoms with Crippen molar-refractivity contribution in [3.8, 4) is 5.75 Å². The van der Waals surface area contributed by atoms with E-state index in [2.05, 4.69) is 15.9 Å². The average Bonchev–Trinajstić information content (AvgIpc) is 2.21. The van der Waals surface area contributed by atoms with E-state index < -0.39 is 11.4 Å². The lowest BCUT2D eigenvalue weighted by molar-refractivity contribution is -0.146. The fraction of sp³-hybridized carbons (Fsp3) is 0.462. The molecule has 0 bridgehead atoms. The lowest BCUT2D eigenvalue weighted by Gasteiger charge is -2.22. The lowest BCUT2D eigenvalue weighted by atomic mass is 9.83. The molecule has 1 rings (SSSR count). The van der Waals surface area contributed by atoms with E-state index in [9.17, 15) is 9.90 Å². The molecular weight excluding hydrogens is 284 g/mol. The van der Waals surface area contributed by atoms with Crippen molar-refractivity contribution in [3.05, 3.63) is 27.2 Å². The summed E-state index contributed by atoms with van der Waals surface area (Å²) in [6, 6.07) is 1.91. The number of carboxylic acids is 1. The number of aromatic hydroxyl groups is 1. The number of hydrogen-bond donors (Lipinski definition) is 2. The van der Waals surface area contributed by atoms with Crippen LogP contribution in [0, 0.1) is 19.3 Å². The van der Waals surface area contributed by atoms with E-state index in [4.69, 9.17) is 5.11 Å². The standard InChI is InChI=1S/C13H17BrO3/c1-7-5-10(14)8(2)11(15)9(7)6-13(3,4)12(16)17/h5,15H,6H2,1-4H3,(H,16,17). The van der Waals surface area contributed by atoms with Crippen LogP contribution in [0.2, 0.25) is 0 Å². The molecule has 2 N–H and O–H groups in total. The molecule has 94 valence electrons. The van der Waals surface area contributed by atoms with Gasteiger partial charge in [-0.3, -0.25) is 4.79 Å². The van der Waals surface area contributed by atoms with E-state index in [1.807, 2.05) is 13.0 Å². The van der Waals surface area contributed by atoms with Gasteiger partial charge in [0.05, 0.1) is 5.41 Å². The monoisotopic (exact) mass is 300 g/mol. The molecule has 0 aliphatic heterocycles. The predicted molar refractivity (Wildman–Crippen MR) is 70.4 cm³/mol. The topological polar surface area (TPSA) is 57.5 Å². The molecule has 3 nitrogen and oxygen atoms in total. The summed E-state index contributed by atoms with van der Waals surface area (Å²) in [6.07, 6.45) is 0.314. The third kappa shape index (κ3) is 2.80. The van der Waals surface area contributed by atoms with Gasteiger partial charge in [-0.25, -0.2) is 0 Å². The first kappa shape index (κ1) is 14.0. The van der Waals surface area contributed by atoms with Crippen molar-refractivity contribution >= 4 is 21.9 Å². The Kier molecular flexibility index (Phi) is 3.87. The fourth-order valence-corrected chi connectivity index (χ4v) is 2.18. The first-order valence-corrected chi connectivity index (χ1v) is 6.17. The van der Waals surface area contributed by atoms with E-state index in [1.54, 1.807) is 20.8 Å². The number of benzene rings is 1. The molecule has 0 unspecified atom stereocenters. The van der Waals surface area contributed by atoms with E-state index >= 15 is 0 Å². The van der Waals surface area contributed by atoms with Crippen molar-refractivity contribution < 1.29 is 15.0 Å². The predicted octanol–water partition coefficient (Wildman–Crippen LogP) is 3.42. The second-order valence-corrected chi connectivity index (χ2v) is 5.85. The molecule has 0 saturated carbocycles. The summed E-state index contributed by atoms with van der Waals surface area (Å²) >= 11 is 3.36. The number of aliphatic carboxylic acids is 1. The molecule has 0 aromatic heterocycles. The Labute approximate surface area is 110 Å². The normalized spacial score (nSPS) is 11.6. The Hall–Kier alpha value is -1.03. The van der Waals surface area contributed by atoms with Crippen LogP contribution < -0.4 is 0 Å². The minimum absolute atomic E-state index is 0.186. The SMILES string of the molecule is Cc1cc(Br)c(C)c(O)c1CC(C)(C)C(=O)O. The van der Waals surface area contributed by atoms with Crippen LogP contribution in [0.5, 0.6) is 5.75 Å². The van der Waals surface area contributed by atoms with Crippen LogP contribution in [0.25, 0.3) is 0 Å². The number of aryl methyl sites for hydroxylation is 1. The van der Waals surface area contributed by atoms with E-state index in [0.717, 1.165) is 15.6 Å². The number of carboxylic acid groups (broad SMARTS) is 1. The maximum Gasteiger partial charge on any atom is 0.309 e. The summed E-state index contributed by atoms with van der Waals surface area (Å²) in [6.45, 7) is 6.99. The second-order valence-electron chi connectivity index (χ2n) is 4.99. The smallest absolute Gasteiger partial charge is 0.309 e. The van der Waals surface area contributed by atoms with Crippen LogP contribution in [0.15, 0.2) is 10.5 Å². The largest absolute Gasteiger partial charge is 0.507 e. The zero-order chi connectivity index (χ0) is 13.4. The van der Waals surface area contributed by atoms with Crippen molar-refractivity contribution in [2.45, 2.75) is 34.1 Å². The van der Waals surface area contributed by atoms with Crippen molar-refractivity contribution in [1.29, 1.82) is 0 Å². The Morgan fingerprint density at radius 3 is 2.41 bits per heavy atom. The molecule has 0 fully saturated rings. The summed E-state index contributed by atoms with van der Waals surface area (Å²) in [7, 11) is 0. The minimum atomic E-state index is -0.886. The van der Waals surface area contributed by atoms with Gasteiger partial charge in [-0.2, -0.15) is 0 Å². The van der Waals surface area contributed by atoms with Gasteiger partial charge in [0.1, 0.15) is 5.75 Å². The summed E-state index contributed by atoms with van der Waals surface area (Å²) < 4.78 is 0.837. The highest BCUT2D eigenvalue weighted by Crippen LogP contribution is 2.35. The van der Waals surface area contributed by atoms with Gasteiger partial charge in [-0.05, 0) is 51.3 Å². The van der Waals surface area contributed by atoms with Crippen LogP contribution in [0.1, 0.15) is 30.5 Å². The van der Waals surface area contributed by atoms with Gasteiger partial charge in [-0.15, -0.1) is 0 Å². The molecule has 0 radical (unpaired) electrons. The van der Waals surface area contributed by atoms with Crippen LogP contribution in [-0.4, -0.2) is 16.2 Å². The van der Waals surface area contributed by atoms with E-state index in [0.29, 0.717) is 12.0 Å². The van der Waals surface area contributed by atoms with Crippen LogP contribution in [0.3, 0.4) is 0 Å². The second kappa shape index (κ2) is 4.69. The number of halogens is 1. The van der Waals surface area contributed by atoms with Gasteiger partial charge in [0.25, 0.3) is 0 Å². The molecule has 0 amide bonds. The van der Waals surface area contributed by atoms with Gasteiger partial charge in [-0.1, -0.05) is 15.9 Å². The molecule has 4 heteroatoms. The first-order chi connectivity index (χ1) is 7.66. The molecule has 1 aromatic rings. The zero-order valence-corrected chi connectivity index (χ0v) is 12.1. The van der Waals surface area contributed by atoms with E-state index in [-0.39, 0.29) is 5.75 Å². The number of carbonyl (C=O) groups is 1. The number of phenolic OH excluding ortho intramolecular Hbond substituents is 1. The maximum absolute atomic E-state index is 11.1. The van der Waals surface area contributed by atoms with Crippen LogP contribution in [-0.2, 0) is 11.2 Å². The first-order valence-electron chi connectivity index (χ1n) is 5.37.